The molecule has 1 saturated carbocycles. The molecule has 1 fully saturated rings. The van der Waals surface area contributed by atoms with Crippen molar-refractivity contribution in [2.75, 3.05) is 0 Å². The topological polar surface area (TPSA) is 0 Å². The van der Waals surface area contributed by atoms with Gasteiger partial charge in [0.25, 0.3) is 0 Å². The Morgan fingerprint density at radius 2 is 0.368 bits per heavy atom. The summed E-state index contributed by atoms with van der Waals surface area (Å²) >= 11 is 0. The molecule has 0 bridgehead atoms. The van der Waals surface area contributed by atoms with E-state index in [2.05, 4.69) is 243 Å². The molecule has 0 heterocycles. The molecule has 4 unspecified atom stereocenters. The fraction of sp³-hybridized carbons (Fsp3) is 0.0943. The van der Waals surface area contributed by atoms with Crippen LogP contribution in [0.25, 0.3) is 0 Å². The number of hydrogen-bond acceptors (Lipinski definition) is 0. The molecule has 0 radical (unpaired) electrons. The molecule has 0 amide bonds. The molecule has 0 saturated heterocycles. The van der Waals surface area contributed by atoms with Gasteiger partial charge in [-0.25, -0.2) is 0 Å². The van der Waals surface area contributed by atoms with Crippen molar-refractivity contribution in [1.29, 1.82) is 0 Å². The Kier molecular flexibility index (Phi) is 12.3. The molecule has 278 valence electrons. The van der Waals surface area contributed by atoms with Crippen molar-refractivity contribution in [3.63, 3.8) is 0 Å². The average molecular weight is 807 g/mol. The second-order valence-corrected chi connectivity index (χ2v) is 24.1. The monoisotopic (exact) mass is 806 g/mol. The Bertz CT molecular complexity index is 2070. The van der Waals surface area contributed by atoms with Crippen molar-refractivity contribution in [3.05, 3.63) is 243 Å². The lowest BCUT2D eigenvalue weighted by molar-refractivity contribution is 0.907. The lowest BCUT2D eigenvalue weighted by Gasteiger charge is -2.42. The molecule has 4 atom stereocenters. The molecule has 1 aliphatic carbocycles. The van der Waals surface area contributed by atoms with Gasteiger partial charge in [0, 0.05) is 11.3 Å². The molecule has 0 spiro atoms. The van der Waals surface area contributed by atoms with E-state index >= 15 is 0 Å². The minimum absolute atomic E-state index is 0.394. The van der Waals surface area contributed by atoms with Gasteiger partial charge >= 0.3 is 0 Å². The zero-order valence-electron chi connectivity index (χ0n) is 31.9. The number of benzene rings is 8. The van der Waals surface area contributed by atoms with Crippen LogP contribution in [0.3, 0.4) is 0 Å². The van der Waals surface area contributed by atoms with E-state index in [1.807, 2.05) is 0 Å². The zero-order valence-corrected chi connectivity index (χ0v) is 35.5. The maximum Gasteiger partial charge on any atom is 0.00251 e. The van der Waals surface area contributed by atoms with Crippen molar-refractivity contribution in [2.45, 2.75) is 29.1 Å². The van der Waals surface area contributed by atoms with E-state index in [9.17, 15) is 0 Å². The first-order chi connectivity index (χ1) is 28.3. The molecule has 57 heavy (non-hydrogen) atoms. The van der Waals surface area contributed by atoms with Gasteiger partial charge in [0.2, 0.25) is 0 Å². The minimum Gasteiger partial charge on any atom is -0.0622 e. The number of rotatable bonds is 12. The van der Waals surface area contributed by atoms with E-state index in [-0.39, 0.29) is 0 Å². The Morgan fingerprint density at radius 3 is 0.544 bits per heavy atom. The van der Waals surface area contributed by atoms with Crippen LogP contribution in [0.2, 0.25) is 0 Å². The highest BCUT2D eigenvalue weighted by Crippen LogP contribution is 2.69. The minimum atomic E-state index is -0.803. The predicted molar refractivity (Wildman–Crippen MR) is 256 cm³/mol. The van der Waals surface area contributed by atoms with Gasteiger partial charge < -0.3 is 0 Å². The standard InChI is InChI=1S/C53H46P4/c1-9-25-42(26-10-1)54(43-27-11-2-12-28-43)50-41-51(55(44-29-13-3-14-30-44)45-31-15-4-16-32-45)53(57(48-37-21-7-22-38-48)49-39-23-8-24-40-49)52(50)56(46-33-17-5-18-34-46)47-35-19-6-20-36-47/h1-40,50-53H,41H2. The van der Waals surface area contributed by atoms with Crippen LogP contribution in [-0.2, 0) is 0 Å². The van der Waals surface area contributed by atoms with Gasteiger partial charge in [-0.1, -0.05) is 243 Å². The van der Waals surface area contributed by atoms with Crippen LogP contribution in [0.5, 0.6) is 0 Å². The average Bonchev–Trinajstić information content (AvgIpc) is 3.64. The molecule has 1 aliphatic rings. The fourth-order valence-corrected chi connectivity index (χ4v) is 23.6. The quantitative estimate of drug-likeness (QED) is 0.108. The van der Waals surface area contributed by atoms with Gasteiger partial charge in [0.05, 0.1) is 0 Å². The predicted octanol–water partition coefficient (Wildman–Crippen LogP) is 10.4. The smallest absolute Gasteiger partial charge is 0.00251 e. The van der Waals surface area contributed by atoms with E-state index in [0.29, 0.717) is 22.6 Å². The Labute approximate surface area is 344 Å². The molecule has 9 rings (SSSR count). The summed E-state index contributed by atoms with van der Waals surface area (Å²) in [6.07, 6.45) is 1.16. The van der Waals surface area contributed by atoms with E-state index in [0.717, 1.165) is 6.42 Å². The van der Waals surface area contributed by atoms with E-state index in [1.54, 1.807) is 0 Å². The third-order valence-corrected chi connectivity index (χ3v) is 23.6. The summed E-state index contributed by atoms with van der Waals surface area (Å²) in [7, 11) is -3.10. The molecule has 8 aromatic carbocycles. The summed E-state index contributed by atoms with van der Waals surface area (Å²) in [5.74, 6) is 0. The molecule has 4 heteroatoms. The van der Waals surface area contributed by atoms with Gasteiger partial charge in [0.1, 0.15) is 0 Å². The highest BCUT2D eigenvalue weighted by Gasteiger charge is 2.56. The fourth-order valence-electron chi connectivity index (χ4n) is 8.91. The van der Waals surface area contributed by atoms with Crippen molar-refractivity contribution in [3.8, 4) is 0 Å². The van der Waals surface area contributed by atoms with Gasteiger partial charge in [-0.3, -0.25) is 0 Å². The van der Waals surface area contributed by atoms with Gasteiger partial charge in [-0.05, 0) is 91.9 Å². The van der Waals surface area contributed by atoms with Gasteiger partial charge in [0.15, 0.2) is 0 Å². The largest absolute Gasteiger partial charge is 0.0622 e. The van der Waals surface area contributed by atoms with Crippen molar-refractivity contribution < 1.29 is 0 Å². The summed E-state index contributed by atoms with van der Waals surface area (Å²) in [6, 6.07) is 92.9. The summed E-state index contributed by atoms with van der Waals surface area (Å²) < 4.78 is 0. The summed E-state index contributed by atoms with van der Waals surface area (Å²) in [5.41, 5.74) is 1.65. The van der Waals surface area contributed by atoms with E-state index in [4.69, 9.17) is 0 Å². The maximum absolute atomic E-state index is 2.44. The Hall–Kier alpha value is -4.52. The van der Waals surface area contributed by atoms with Crippen LogP contribution in [0.1, 0.15) is 6.42 Å². The lowest BCUT2D eigenvalue weighted by Crippen LogP contribution is -2.41. The second-order valence-electron chi connectivity index (χ2n) is 14.5. The Balaban J connectivity index is 1.39. The first kappa shape index (κ1) is 38.0. The van der Waals surface area contributed by atoms with E-state index in [1.165, 1.54) is 42.4 Å². The molecule has 8 aromatic rings. The van der Waals surface area contributed by atoms with Crippen molar-refractivity contribution >= 4 is 74.1 Å². The first-order valence-corrected chi connectivity index (χ1v) is 25.6. The van der Waals surface area contributed by atoms with Crippen LogP contribution < -0.4 is 42.4 Å². The highest BCUT2D eigenvalue weighted by molar-refractivity contribution is 7.81. The molecule has 0 aromatic heterocycles. The summed E-state index contributed by atoms with van der Waals surface area (Å²) in [5, 5.41) is 11.9. The van der Waals surface area contributed by atoms with Crippen LogP contribution in [0.15, 0.2) is 243 Å². The third kappa shape index (κ3) is 8.27. The van der Waals surface area contributed by atoms with Gasteiger partial charge in [-0.2, -0.15) is 0 Å². The summed E-state index contributed by atoms with van der Waals surface area (Å²) in [4.78, 5) is 0. The second kappa shape index (κ2) is 18.4. The molecular weight excluding hydrogens is 760 g/mol. The van der Waals surface area contributed by atoms with Crippen LogP contribution >= 0.6 is 31.7 Å². The zero-order chi connectivity index (χ0) is 38.2. The Morgan fingerprint density at radius 1 is 0.211 bits per heavy atom. The molecular formula is C53H46P4. The van der Waals surface area contributed by atoms with E-state index < -0.39 is 31.7 Å². The highest BCUT2D eigenvalue weighted by atomic mass is 31.1. The summed E-state index contributed by atoms with van der Waals surface area (Å²) in [6.45, 7) is 0. The molecule has 0 N–H and O–H groups in total. The third-order valence-electron chi connectivity index (χ3n) is 11.2. The van der Waals surface area contributed by atoms with Crippen LogP contribution in [0.4, 0.5) is 0 Å². The van der Waals surface area contributed by atoms with Gasteiger partial charge in [-0.15, -0.1) is 0 Å². The van der Waals surface area contributed by atoms with Crippen LogP contribution in [-0.4, -0.2) is 22.6 Å². The lowest BCUT2D eigenvalue weighted by atomic mass is 10.3. The SMILES string of the molecule is c1ccc(P(c2ccccc2)C2CC(P(c3ccccc3)c3ccccc3)C(P(c3ccccc3)c3ccccc3)C2P(c2ccccc2)c2ccccc2)cc1. The van der Waals surface area contributed by atoms with Crippen LogP contribution in [0, 0.1) is 0 Å². The normalized spacial score (nSPS) is 18.0. The molecule has 0 nitrogen and oxygen atoms in total. The number of hydrogen-bond donors (Lipinski definition) is 0. The van der Waals surface area contributed by atoms with Crippen molar-refractivity contribution in [1.82, 2.24) is 0 Å². The molecule has 0 aliphatic heterocycles. The van der Waals surface area contributed by atoms with Crippen molar-refractivity contribution in [2.24, 2.45) is 0 Å². The first-order valence-electron chi connectivity index (χ1n) is 19.9. The maximum atomic E-state index is 2.44.